The summed E-state index contributed by atoms with van der Waals surface area (Å²) in [6.45, 7) is 0. The fraction of sp³-hybridized carbons (Fsp3) is 0.0435. The number of fused-ring (bicyclic) bond motifs is 3. The van der Waals surface area contributed by atoms with Gasteiger partial charge in [-0.25, -0.2) is 4.98 Å². The van der Waals surface area contributed by atoms with Crippen LogP contribution < -0.4 is 5.32 Å². The molecule has 0 bridgehead atoms. The highest BCUT2D eigenvalue weighted by atomic mass is 35.5. The van der Waals surface area contributed by atoms with Crippen molar-refractivity contribution in [3.63, 3.8) is 0 Å². The minimum atomic E-state index is -0.278. The van der Waals surface area contributed by atoms with Crippen molar-refractivity contribution in [3.8, 4) is 0 Å². The molecule has 1 amide bonds. The Bertz CT molecular complexity index is 1370. The molecule has 2 aromatic heterocycles. The highest BCUT2D eigenvalue weighted by Crippen LogP contribution is 2.29. The zero-order valence-corrected chi connectivity index (χ0v) is 16.3. The Labute approximate surface area is 176 Å². The van der Waals surface area contributed by atoms with Crippen molar-refractivity contribution in [2.45, 2.75) is 6.42 Å². The molecule has 0 spiro atoms. The van der Waals surface area contributed by atoms with Crippen LogP contribution in [0, 0.1) is 0 Å². The lowest BCUT2D eigenvalue weighted by Gasteiger charge is -2.18. The average Bonchev–Trinajstić information content (AvgIpc) is 3.13. The van der Waals surface area contributed by atoms with Gasteiger partial charge < -0.3 is 9.72 Å². The summed E-state index contributed by atoms with van der Waals surface area (Å²) >= 11 is 5.97. The first-order valence-corrected chi connectivity index (χ1v) is 9.63. The van der Waals surface area contributed by atoms with Gasteiger partial charge >= 0.3 is 0 Å². The molecule has 2 heterocycles. The van der Waals surface area contributed by atoms with Gasteiger partial charge in [-0.05, 0) is 30.3 Å². The molecule has 0 aliphatic heterocycles. The van der Waals surface area contributed by atoms with Crippen molar-refractivity contribution >= 4 is 40.4 Å². The van der Waals surface area contributed by atoms with Crippen molar-refractivity contribution in [3.05, 3.63) is 100.0 Å². The van der Waals surface area contributed by atoms with E-state index in [1.807, 2.05) is 0 Å². The molecule has 0 radical (unpaired) electrons. The Hall–Kier alpha value is -3.77. The average molecular weight is 416 g/mol. The van der Waals surface area contributed by atoms with Crippen LogP contribution in [0.2, 0.25) is 5.02 Å². The molecule has 1 aliphatic rings. The summed E-state index contributed by atoms with van der Waals surface area (Å²) in [6.07, 6.45) is 3.52. The Morgan fingerprint density at radius 2 is 1.60 bits per heavy atom. The van der Waals surface area contributed by atoms with Crippen molar-refractivity contribution in [1.29, 1.82) is 0 Å². The smallest absolute Gasteiger partial charge is 0.230 e. The number of nitrogens with zero attached hydrogens (tertiary/aromatic N) is 2. The van der Waals surface area contributed by atoms with Crippen LogP contribution in [0.5, 0.6) is 0 Å². The van der Waals surface area contributed by atoms with Crippen LogP contribution in [0.4, 0.5) is 5.69 Å². The first-order valence-electron chi connectivity index (χ1n) is 9.25. The maximum Gasteiger partial charge on any atom is 0.230 e. The molecule has 0 saturated heterocycles. The molecular formula is C23H14ClN3O3. The quantitative estimate of drug-likeness (QED) is 0.484. The van der Waals surface area contributed by atoms with Crippen LogP contribution in [0.15, 0.2) is 67.0 Å². The van der Waals surface area contributed by atoms with Gasteiger partial charge in [-0.1, -0.05) is 35.9 Å². The molecule has 0 fully saturated rings. The van der Waals surface area contributed by atoms with Crippen LogP contribution in [-0.4, -0.2) is 26.9 Å². The number of carbonyl (C=O) groups is 3. The molecule has 0 atom stereocenters. The minimum Gasteiger partial charge on any atom is -0.326 e. The third-order valence-electron chi connectivity index (χ3n) is 5.02. The Balaban J connectivity index is 1.38. The lowest BCUT2D eigenvalue weighted by molar-refractivity contribution is -0.115. The lowest BCUT2D eigenvalue weighted by Crippen LogP contribution is -2.21. The third-order valence-corrected chi connectivity index (χ3v) is 5.24. The number of rotatable bonds is 3. The first kappa shape index (κ1) is 18.3. The molecule has 2 aromatic carbocycles. The van der Waals surface area contributed by atoms with Crippen LogP contribution >= 0.6 is 11.6 Å². The summed E-state index contributed by atoms with van der Waals surface area (Å²) in [5, 5.41) is 3.35. The molecule has 6 nitrogen and oxygen atoms in total. The summed E-state index contributed by atoms with van der Waals surface area (Å²) in [6, 6.07) is 15.0. The number of hydrogen-bond donors (Lipinski definition) is 1. The maximum absolute atomic E-state index is 12.8. The second-order valence-electron chi connectivity index (χ2n) is 7.03. The molecule has 146 valence electrons. The minimum absolute atomic E-state index is 0.0616. The van der Waals surface area contributed by atoms with E-state index >= 15 is 0 Å². The number of carbonyl (C=O) groups excluding carboxylic acids is 3. The van der Waals surface area contributed by atoms with Crippen LogP contribution in [0.25, 0.3) is 5.65 Å². The Kier molecular flexibility index (Phi) is 4.22. The summed E-state index contributed by atoms with van der Waals surface area (Å²) in [4.78, 5) is 42.4. The molecule has 1 N–H and O–H groups in total. The number of hydrogen-bond acceptors (Lipinski definition) is 4. The fourth-order valence-electron chi connectivity index (χ4n) is 3.65. The highest BCUT2D eigenvalue weighted by molar-refractivity contribution is 6.30. The van der Waals surface area contributed by atoms with Crippen molar-refractivity contribution in [1.82, 2.24) is 9.38 Å². The SMILES string of the molecule is O=C(Cc1cn2cc(Cl)ccc2n1)Nc1ccc2c(c1)C(=O)c1ccccc1C2=O. The number of pyridine rings is 1. The molecule has 30 heavy (non-hydrogen) atoms. The van der Waals surface area contributed by atoms with Gasteiger partial charge in [0.15, 0.2) is 11.6 Å². The molecular weight excluding hydrogens is 402 g/mol. The Morgan fingerprint density at radius 3 is 2.37 bits per heavy atom. The second kappa shape index (κ2) is 6.93. The fourth-order valence-corrected chi connectivity index (χ4v) is 3.82. The zero-order valence-electron chi connectivity index (χ0n) is 15.6. The van der Waals surface area contributed by atoms with E-state index in [0.29, 0.717) is 44.3 Å². The highest BCUT2D eigenvalue weighted by Gasteiger charge is 2.29. The van der Waals surface area contributed by atoms with Crippen molar-refractivity contribution in [2.75, 3.05) is 5.32 Å². The number of imidazole rings is 1. The van der Waals surface area contributed by atoms with Gasteiger partial charge in [-0.3, -0.25) is 14.4 Å². The Morgan fingerprint density at radius 1 is 0.900 bits per heavy atom. The monoisotopic (exact) mass is 415 g/mol. The van der Waals surface area contributed by atoms with Gasteiger partial charge in [-0.2, -0.15) is 0 Å². The predicted octanol–water partition coefficient (Wildman–Crippen LogP) is 3.94. The van der Waals surface area contributed by atoms with E-state index in [4.69, 9.17) is 11.6 Å². The number of halogens is 1. The van der Waals surface area contributed by atoms with E-state index in [0.717, 1.165) is 0 Å². The molecule has 4 aromatic rings. The summed E-state index contributed by atoms with van der Waals surface area (Å²) in [5.74, 6) is -0.700. The summed E-state index contributed by atoms with van der Waals surface area (Å²) < 4.78 is 1.76. The van der Waals surface area contributed by atoms with E-state index in [1.54, 1.807) is 71.4 Å². The zero-order chi connectivity index (χ0) is 20.8. The molecule has 7 heteroatoms. The maximum atomic E-state index is 12.8. The topological polar surface area (TPSA) is 80.5 Å². The molecule has 0 saturated carbocycles. The van der Waals surface area contributed by atoms with Crippen molar-refractivity contribution in [2.24, 2.45) is 0 Å². The number of benzene rings is 2. The summed E-state index contributed by atoms with van der Waals surface area (Å²) in [7, 11) is 0. The first-order chi connectivity index (χ1) is 14.5. The van der Waals surface area contributed by atoms with Crippen LogP contribution in [0.3, 0.4) is 0 Å². The number of amides is 1. The van der Waals surface area contributed by atoms with E-state index in [-0.39, 0.29) is 23.9 Å². The molecule has 1 aliphatic carbocycles. The summed E-state index contributed by atoms with van der Waals surface area (Å²) in [5.41, 5.74) is 3.14. The van der Waals surface area contributed by atoms with Gasteiger partial charge in [0.2, 0.25) is 5.91 Å². The lowest BCUT2D eigenvalue weighted by atomic mass is 9.84. The van der Waals surface area contributed by atoms with Crippen molar-refractivity contribution < 1.29 is 14.4 Å². The van der Waals surface area contributed by atoms with E-state index in [2.05, 4.69) is 10.3 Å². The third kappa shape index (κ3) is 3.07. The second-order valence-corrected chi connectivity index (χ2v) is 7.47. The standard InChI is InChI=1S/C23H14ClN3O3/c24-13-5-8-20-25-15(12-27(20)11-13)10-21(28)26-14-6-7-18-19(9-14)23(30)17-4-2-1-3-16(17)22(18)29/h1-9,11-12H,10H2,(H,26,28). The van der Waals surface area contributed by atoms with Gasteiger partial charge in [0.25, 0.3) is 0 Å². The van der Waals surface area contributed by atoms with E-state index < -0.39 is 0 Å². The number of nitrogens with one attached hydrogen (secondary N) is 1. The van der Waals surface area contributed by atoms with Crippen LogP contribution in [-0.2, 0) is 11.2 Å². The number of aromatic nitrogens is 2. The largest absolute Gasteiger partial charge is 0.326 e. The predicted molar refractivity (Wildman–Crippen MR) is 112 cm³/mol. The van der Waals surface area contributed by atoms with Gasteiger partial charge in [0.1, 0.15) is 5.65 Å². The van der Waals surface area contributed by atoms with Gasteiger partial charge in [0.05, 0.1) is 17.1 Å². The van der Waals surface area contributed by atoms with Crippen LogP contribution in [0.1, 0.15) is 37.5 Å². The normalized spacial score (nSPS) is 12.6. The number of anilines is 1. The number of ketones is 2. The molecule has 5 rings (SSSR count). The van der Waals surface area contributed by atoms with Gasteiger partial charge in [-0.15, -0.1) is 0 Å². The van der Waals surface area contributed by atoms with E-state index in [1.165, 1.54) is 0 Å². The van der Waals surface area contributed by atoms with Gasteiger partial charge in [0, 0.05) is 40.3 Å². The molecule has 0 unspecified atom stereocenters. The van der Waals surface area contributed by atoms with E-state index in [9.17, 15) is 14.4 Å².